The highest BCUT2D eigenvalue weighted by Crippen LogP contribution is 2.20. The smallest absolute Gasteiger partial charge is 0.123 e. The Morgan fingerprint density at radius 3 is 2.67 bits per heavy atom. The largest absolute Gasteiger partial charge is 0.330 e. The van der Waals surface area contributed by atoms with E-state index in [1.807, 2.05) is 31.3 Å². The van der Waals surface area contributed by atoms with Crippen molar-refractivity contribution in [2.75, 3.05) is 19.6 Å². The number of rotatable bonds is 7. The molecule has 0 atom stereocenters. The topological polar surface area (TPSA) is 47.1 Å². The highest BCUT2D eigenvalue weighted by Gasteiger charge is 2.12. The molecule has 1 heterocycles. The van der Waals surface area contributed by atoms with E-state index >= 15 is 0 Å². The number of imidazole rings is 1. The maximum absolute atomic E-state index is 6.10. The van der Waals surface area contributed by atoms with Crippen LogP contribution in [0.15, 0.2) is 48.5 Å². The van der Waals surface area contributed by atoms with Gasteiger partial charge in [0, 0.05) is 31.7 Å². The molecule has 2 aromatic carbocycles. The standard InChI is InChI=1S/C19H23ClN4/c1-23-18-13-16(20)7-8-17(18)22-19(23)14-24(12-10-21)11-9-15-5-3-2-4-6-15/h2-8,13H,9-12,14,21H2,1H3. The van der Waals surface area contributed by atoms with Crippen molar-refractivity contribution in [2.24, 2.45) is 12.8 Å². The van der Waals surface area contributed by atoms with Gasteiger partial charge in [-0.25, -0.2) is 4.98 Å². The maximum atomic E-state index is 6.10. The zero-order chi connectivity index (χ0) is 16.9. The Labute approximate surface area is 147 Å². The molecule has 24 heavy (non-hydrogen) atoms. The second-order valence-corrected chi connectivity index (χ2v) is 6.46. The first-order valence-corrected chi connectivity index (χ1v) is 8.62. The third kappa shape index (κ3) is 3.96. The molecule has 0 aliphatic heterocycles. The second kappa shape index (κ2) is 7.79. The minimum Gasteiger partial charge on any atom is -0.330 e. The van der Waals surface area contributed by atoms with E-state index in [2.05, 4.69) is 33.7 Å². The first-order valence-electron chi connectivity index (χ1n) is 8.24. The predicted molar refractivity (Wildman–Crippen MR) is 100 cm³/mol. The first kappa shape index (κ1) is 17.0. The van der Waals surface area contributed by atoms with Crippen molar-refractivity contribution in [2.45, 2.75) is 13.0 Å². The molecule has 4 nitrogen and oxygen atoms in total. The van der Waals surface area contributed by atoms with Crippen LogP contribution < -0.4 is 5.73 Å². The highest BCUT2D eigenvalue weighted by atomic mass is 35.5. The molecule has 0 unspecified atom stereocenters. The first-order chi connectivity index (χ1) is 11.7. The molecule has 3 aromatic rings. The van der Waals surface area contributed by atoms with Crippen molar-refractivity contribution in [3.05, 3.63) is 64.9 Å². The fraction of sp³-hybridized carbons (Fsp3) is 0.316. The van der Waals surface area contributed by atoms with Gasteiger partial charge in [-0.15, -0.1) is 0 Å². The quantitative estimate of drug-likeness (QED) is 0.717. The Balaban J connectivity index is 1.74. The van der Waals surface area contributed by atoms with Crippen molar-refractivity contribution >= 4 is 22.6 Å². The fourth-order valence-electron chi connectivity index (χ4n) is 2.94. The third-order valence-electron chi connectivity index (χ3n) is 4.31. The fourth-order valence-corrected chi connectivity index (χ4v) is 3.11. The summed E-state index contributed by atoms with van der Waals surface area (Å²) in [5.74, 6) is 1.04. The van der Waals surface area contributed by atoms with Gasteiger partial charge >= 0.3 is 0 Å². The van der Waals surface area contributed by atoms with E-state index in [0.29, 0.717) is 6.54 Å². The SMILES string of the molecule is Cn1c(CN(CCN)CCc2ccccc2)nc2ccc(Cl)cc21. The highest BCUT2D eigenvalue weighted by molar-refractivity contribution is 6.31. The minimum atomic E-state index is 0.643. The Morgan fingerprint density at radius 1 is 1.12 bits per heavy atom. The van der Waals surface area contributed by atoms with Crippen LogP contribution in [0.1, 0.15) is 11.4 Å². The van der Waals surface area contributed by atoms with Crippen molar-refractivity contribution in [3.63, 3.8) is 0 Å². The average molecular weight is 343 g/mol. The van der Waals surface area contributed by atoms with Crippen molar-refractivity contribution in [1.29, 1.82) is 0 Å². The van der Waals surface area contributed by atoms with Gasteiger partial charge in [-0.2, -0.15) is 0 Å². The monoisotopic (exact) mass is 342 g/mol. The zero-order valence-electron chi connectivity index (χ0n) is 14.0. The van der Waals surface area contributed by atoms with Gasteiger partial charge in [0.2, 0.25) is 0 Å². The van der Waals surface area contributed by atoms with Crippen LogP contribution in [0.25, 0.3) is 11.0 Å². The van der Waals surface area contributed by atoms with Crippen LogP contribution in [-0.2, 0) is 20.0 Å². The van der Waals surface area contributed by atoms with Gasteiger partial charge in [-0.3, -0.25) is 4.90 Å². The molecule has 5 heteroatoms. The number of benzene rings is 2. The summed E-state index contributed by atoms with van der Waals surface area (Å²) in [6, 6.07) is 16.4. The van der Waals surface area contributed by atoms with Crippen LogP contribution in [-0.4, -0.2) is 34.1 Å². The van der Waals surface area contributed by atoms with E-state index in [0.717, 1.165) is 47.9 Å². The minimum absolute atomic E-state index is 0.643. The molecular weight excluding hydrogens is 320 g/mol. The maximum Gasteiger partial charge on any atom is 0.123 e. The van der Waals surface area contributed by atoms with Gasteiger partial charge in [0.15, 0.2) is 0 Å². The van der Waals surface area contributed by atoms with E-state index in [-0.39, 0.29) is 0 Å². The summed E-state index contributed by atoms with van der Waals surface area (Å²) in [5, 5.41) is 0.736. The average Bonchev–Trinajstić information content (AvgIpc) is 2.90. The lowest BCUT2D eigenvalue weighted by Gasteiger charge is -2.21. The zero-order valence-corrected chi connectivity index (χ0v) is 14.7. The molecule has 0 saturated heterocycles. The van der Waals surface area contributed by atoms with Gasteiger partial charge in [-0.1, -0.05) is 41.9 Å². The van der Waals surface area contributed by atoms with E-state index in [1.165, 1.54) is 5.56 Å². The molecule has 0 bridgehead atoms. The Bertz CT molecular complexity index is 798. The van der Waals surface area contributed by atoms with E-state index < -0.39 is 0 Å². The van der Waals surface area contributed by atoms with E-state index in [4.69, 9.17) is 22.3 Å². The van der Waals surface area contributed by atoms with E-state index in [9.17, 15) is 0 Å². The van der Waals surface area contributed by atoms with Crippen LogP contribution in [0.5, 0.6) is 0 Å². The number of halogens is 1. The molecule has 126 valence electrons. The van der Waals surface area contributed by atoms with Gasteiger partial charge in [0.1, 0.15) is 5.82 Å². The van der Waals surface area contributed by atoms with Crippen LogP contribution >= 0.6 is 11.6 Å². The lowest BCUT2D eigenvalue weighted by atomic mass is 10.1. The summed E-state index contributed by atoms with van der Waals surface area (Å²) < 4.78 is 2.12. The van der Waals surface area contributed by atoms with Crippen LogP contribution in [0.3, 0.4) is 0 Å². The summed E-state index contributed by atoms with van der Waals surface area (Å²) in [4.78, 5) is 7.11. The third-order valence-corrected chi connectivity index (χ3v) is 4.54. The Kier molecular flexibility index (Phi) is 5.51. The summed E-state index contributed by atoms with van der Waals surface area (Å²) in [6.45, 7) is 3.25. The van der Waals surface area contributed by atoms with Crippen LogP contribution in [0, 0.1) is 0 Å². The Morgan fingerprint density at radius 2 is 1.92 bits per heavy atom. The normalized spacial score (nSPS) is 11.5. The van der Waals surface area contributed by atoms with Gasteiger partial charge < -0.3 is 10.3 Å². The lowest BCUT2D eigenvalue weighted by Crippen LogP contribution is -2.32. The molecular formula is C19H23ClN4. The number of hydrogen-bond donors (Lipinski definition) is 1. The molecule has 0 aliphatic carbocycles. The van der Waals surface area contributed by atoms with E-state index in [1.54, 1.807) is 0 Å². The molecule has 0 radical (unpaired) electrons. The second-order valence-electron chi connectivity index (χ2n) is 6.02. The number of aromatic nitrogens is 2. The molecule has 0 spiro atoms. The number of nitrogens with zero attached hydrogens (tertiary/aromatic N) is 3. The van der Waals surface area contributed by atoms with Crippen LogP contribution in [0.4, 0.5) is 0 Å². The molecule has 0 saturated carbocycles. The lowest BCUT2D eigenvalue weighted by molar-refractivity contribution is 0.267. The number of nitrogens with two attached hydrogens (primary N) is 1. The molecule has 3 rings (SSSR count). The molecule has 2 N–H and O–H groups in total. The Hall–Kier alpha value is -1.88. The molecule has 0 amide bonds. The number of aryl methyl sites for hydroxylation is 1. The predicted octanol–water partition coefficient (Wildman–Crippen LogP) is 3.23. The van der Waals surface area contributed by atoms with Crippen LogP contribution in [0.2, 0.25) is 5.02 Å². The molecule has 1 aromatic heterocycles. The van der Waals surface area contributed by atoms with Crippen molar-refractivity contribution in [3.8, 4) is 0 Å². The van der Waals surface area contributed by atoms with Crippen molar-refractivity contribution in [1.82, 2.24) is 14.5 Å². The number of hydrogen-bond acceptors (Lipinski definition) is 3. The summed E-state index contributed by atoms with van der Waals surface area (Å²) in [6.07, 6.45) is 1.01. The summed E-state index contributed by atoms with van der Waals surface area (Å²) in [5.41, 5.74) is 9.19. The number of fused-ring (bicyclic) bond motifs is 1. The van der Waals surface area contributed by atoms with Crippen molar-refractivity contribution < 1.29 is 0 Å². The van der Waals surface area contributed by atoms with Gasteiger partial charge in [0.25, 0.3) is 0 Å². The molecule has 0 aliphatic rings. The van der Waals surface area contributed by atoms with Gasteiger partial charge in [-0.05, 0) is 30.2 Å². The summed E-state index contributed by atoms with van der Waals surface area (Å²) >= 11 is 6.10. The molecule has 0 fully saturated rings. The van der Waals surface area contributed by atoms with Gasteiger partial charge in [0.05, 0.1) is 17.6 Å². The summed E-state index contributed by atoms with van der Waals surface area (Å²) in [7, 11) is 2.04.